The third-order valence-corrected chi connectivity index (χ3v) is 6.73. The first-order chi connectivity index (χ1) is 14.4. The van der Waals surface area contributed by atoms with Crippen LogP contribution in [0.1, 0.15) is 32.3 Å². The average molecular weight is 415 g/mol. The molecule has 30 heavy (non-hydrogen) atoms. The molecule has 0 saturated carbocycles. The average Bonchev–Trinajstić information content (AvgIpc) is 2.77. The van der Waals surface area contributed by atoms with E-state index in [1.54, 1.807) is 0 Å². The Balaban J connectivity index is 1.38. The second kappa shape index (κ2) is 8.94. The van der Waals surface area contributed by atoms with Gasteiger partial charge in [0.15, 0.2) is 0 Å². The fourth-order valence-corrected chi connectivity index (χ4v) is 5.13. The molecule has 1 atom stereocenters. The third kappa shape index (κ3) is 4.62. The molecule has 0 spiro atoms. The van der Waals surface area contributed by atoms with Crippen LogP contribution in [-0.4, -0.2) is 84.2 Å². The van der Waals surface area contributed by atoms with Crippen LogP contribution in [0.2, 0.25) is 0 Å². The summed E-state index contributed by atoms with van der Waals surface area (Å²) in [5.41, 5.74) is 0.982. The third-order valence-electron chi connectivity index (χ3n) is 6.73. The van der Waals surface area contributed by atoms with E-state index >= 15 is 0 Å². The van der Waals surface area contributed by atoms with Gasteiger partial charge in [-0.3, -0.25) is 9.69 Å². The van der Waals surface area contributed by atoms with Crippen molar-refractivity contribution in [3.8, 4) is 0 Å². The lowest BCUT2D eigenvalue weighted by Crippen LogP contribution is -2.71. The standard InChI is InChI=1S/C23H34N4O3/c1-23(2)17-26(22(29)24-14-18-6-4-3-5-7-18)16-20-15-25(10-11-27(20)23)21(28)19-8-12-30-13-9-19/h3-7,19-20H,8-17H2,1-2H3,(H,24,29). The quantitative estimate of drug-likeness (QED) is 0.821. The number of piperazine rings is 2. The van der Waals surface area contributed by atoms with Crippen molar-refractivity contribution < 1.29 is 14.3 Å². The van der Waals surface area contributed by atoms with E-state index in [1.807, 2.05) is 40.1 Å². The van der Waals surface area contributed by atoms with Crippen LogP contribution in [0.25, 0.3) is 0 Å². The Bertz CT molecular complexity index is 748. The Labute approximate surface area is 179 Å². The van der Waals surface area contributed by atoms with Crippen LogP contribution in [0.15, 0.2) is 30.3 Å². The van der Waals surface area contributed by atoms with Gasteiger partial charge in [0.05, 0.1) is 0 Å². The lowest BCUT2D eigenvalue weighted by atomic mass is 9.92. The van der Waals surface area contributed by atoms with Gasteiger partial charge < -0.3 is 19.9 Å². The normalized spacial score (nSPS) is 24.9. The van der Waals surface area contributed by atoms with E-state index in [1.165, 1.54) is 0 Å². The summed E-state index contributed by atoms with van der Waals surface area (Å²) in [6, 6.07) is 10.1. The number of amides is 3. The molecule has 3 amide bonds. The molecule has 3 aliphatic heterocycles. The topological polar surface area (TPSA) is 65.1 Å². The summed E-state index contributed by atoms with van der Waals surface area (Å²) in [5.74, 6) is 0.355. The first-order valence-electron chi connectivity index (χ1n) is 11.1. The molecular weight excluding hydrogens is 380 g/mol. The number of fused-ring (bicyclic) bond motifs is 1. The van der Waals surface area contributed by atoms with Crippen molar-refractivity contribution in [3.05, 3.63) is 35.9 Å². The predicted octanol–water partition coefficient (Wildman–Crippen LogP) is 1.93. The van der Waals surface area contributed by atoms with Gasteiger partial charge in [-0.1, -0.05) is 30.3 Å². The summed E-state index contributed by atoms with van der Waals surface area (Å²) in [6.07, 6.45) is 1.65. The zero-order chi connectivity index (χ0) is 21.1. The molecule has 1 N–H and O–H groups in total. The number of nitrogens with zero attached hydrogens (tertiary/aromatic N) is 3. The number of carbonyl (C=O) groups excluding carboxylic acids is 2. The Morgan fingerprint density at radius 1 is 1.07 bits per heavy atom. The van der Waals surface area contributed by atoms with Gasteiger partial charge in [0.1, 0.15) is 0 Å². The van der Waals surface area contributed by atoms with Gasteiger partial charge in [-0.2, -0.15) is 0 Å². The summed E-state index contributed by atoms with van der Waals surface area (Å²) in [7, 11) is 0. The summed E-state index contributed by atoms with van der Waals surface area (Å²) in [4.78, 5) is 32.4. The predicted molar refractivity (Wildman–Crippen MR) is 115 cm³/mol. The van der Waals surface area contributed by atoms with Crippen molar-refractivity contribution in [2.75, 3.05) is 45.9 Å². The largest absolute Gasteiger partial charge is 0.381 e. The van der Waals surface area contributed by atoms with Gasteiger partial charge >= 0.3 is 6.03 Å². The van der Waals surface area contributed by atoms with E-state index in [0.717, 1.165) is 31.5 Å². The van der Waals surface area contributed by atoms with Crippen LogP contribution in [0.5, 0.6) is 0 Å². The summed E-state index contributed by atoms with van der Waals surface area (Å²) >= 11 is 0. The first-order valence-corrected chi connectivity index (χ1v) is 11.1. The molecule has 1 aromatic carbocycles. The summed E-state index contributed by atoms with van der Waals surface area (Å²) < 4.78 is 5.42. The molecule has 1 aromatic rings. The number of nitrogens with one attached hydrogen (secondary N) is 1. The Morgan fingerprint density at radius 2 is 1.77 bits per heavy atom. The van der Waals surface area contributed by atoms with Crippen molar-refractivity contribution in [1.82, 2.24) is 20.0 Å². The second-order valence-electron chi connectivity index (χ2n) is 9.36. The van der Waals surface area contributed by atoms with Gasteiger partial charge in [-0.05, 0) is 32.3 Å². The van der Waals surface area contributed by atoms with E-state index in [9.17, 15) is 9.59 Å². The molecule has 3 saturated heterocycles. The summed E-state index contributed by atoms with van der Waals surface area (Å²) in [5, 5.41) is 3.06. The van der Waals surface area contributed by atoms with Crippen molar-refractivity contribution >= 4 is 11.9 Å². The minimum atomic E-state index is -0.110. The number of carbonyl (C=O) groups is 2. The zero-order valence-electron chi connectivity index (χ0n) is 18.2. The number of ether oxygens (including phenoxy) is 1. The zero-order valence-corrected chi connectivity index (χ0v) is 18.2. The van der Waals surface area contributed by atoms with Crippen molar-refractivity contribution in [2.24, 2.45) is 5.92 Å². The number of benzene rings is 1. The molecule has 7 nitrogen and oxygen atoms in total. The Hall–Kier alpha value is -2.12. The molecular formula is C23H34N4O3. The van der Waals surface area contributed by atoms with E-state index < -0.39 is 0 Å². The van der Waals surface area contributed by atoms with Crippen LogP contribution in [-0.2, 0) is 16.1 Å². The van der Waals surface area contributed by atoms with Gasteiger partial charge in [-0.15, -0.1) is 0 Å². The van der Waals surface area contributed by atoms with Crippen LogP contribution >= 0.6 is 0 Å². The molecule has 7 heteroatoms. The minimum Gasteiger partial charge on any atom is -0.381 e. The Kier molecular flexibility index (Phi) is 6.29. The molecule has 0 radical (unpaired) electrons. The van der Waals surface area contributed by atoms with E-state index in [4.69, 9.17) is 4.74 Å². The van der Waals surface area contributed by atoms with Gasteiger partial charge in [0.25, 0.3) is 0 Å². The highest BCUT2D eigenvalue weighted by Crippen LogP contribution is 2.29. The fourth-order valence-electron chi connectivity index (χ4n) is 5.13. The monoisotopic (exact) mass is 414 g/mol. The van der Waals surface area contributed by atoms with E-state index in [2.05, 4.69) is 24.1 Å². The van der Waals surface area contributed by atoms with Crippen LogP contribution in [0.4, 0.5) is 4.79 Å². The number of hydrogen-bond donors (Lipinski definition) is 1. The molecule has 0 aromatic heterocycles. The van der Waals surface area contributed by atoms with E-state index in [0.29, 0.717) is 39.4 Å². The maximum atomic E-state index is 13.0. The highest BCUT2D eigenvalue weighted by molar-refractivity contribution is 5.79. The molecule has 1 unspecified atom stereocenters. The van der Waals surface area contributed by atoms with E-state index in [-0.39, 0.29) is 29.4 Å². The highest BCUT2D eigenvalue weighted by Gasteiger charge is 2.45. The number of rotatable bonds is 3. The highest BCUT2D eigenvalue weighted by atomic mass is 16.5. The van der Waals surface area contributed by atoms with Crippen LogP contribution in [0.3, 0.4) is 0 Å². The number of hydrogen-bond acceptors (Lipinski definition) is 4. The summed E-state index contributed by atoms with van der Waals surface area (Å²) in [6.45, 7) is 9.98. The van der Waals surface area contributed by atoms with Gasteiger partial charge in [0.2, 0.25) is 5.91 Å². The second-order valence-corrected chi connectivity index (χ2v) is 9.36. The molecule has 3 heterocycles. The lowest BCUT2D eigenvalue weighted by Gasteiger charge is -2.55. The maximum Gasteiger partial charge on any atom is 0.317 e. The van der Waals surface area contributed by atoms with Crippen molar-refractivity contribution in [1.29, 1.82) is 0 Å². The molecule has 0 aliphatic carbocycles. The van der Waals surface area contributed by atoms with Crippen molar-refractivity contribution in [3.63, 3.8) is 0 Å². The van der Waals surface area contributed by atoms with Gasteiger partial charge in [-0.25, -0.2) is 4.79 Å². The van der Waals surface area contributed by atoms with Gasteiger partial charge in [0, 0.05) is 70.0 Å². The minimum absolute atomic E-state index is 0.0283. The molecule has 0 bridgehead atoms. The number of urea groups is 1. The van der Waals surface area contributed by atoms with Crippen LogP contribution in [0, 0.1) is 5.92 Å². The molecule has 164 valence electrons. The smallest absolute Gasteiger partial charge is 0.317 e. The first kappa shape index (κ1) is 21.1. The lowest BCUT2D eigenvalue weighted by molar-refractivity contribution is -0.145. The Morgan fingerprint density at radius 3 is 2.50 bits per heavy atom. The van der Waals surface area contributed by atoms with Crippen molar-refractivity contribution in [2.45, 2.75) is 44.8 Å². The van der Waals surface area contributed by atoms with Crippen LogP contribution < -0.4 is 5.32 Å². The molecule has 3 fully saturated rings. The SMILES string of the molecule is CC1(C)CN(C(=O)NCc2ccccc2)CC2CN(C(=O)C3CCOCC3)CCN21. The molecule has 3 aliphatic rings. The molecule has 4 rings (SSSR count). The fraction of sp³-hybridized carbons (Fsp3) is 0.652. The maximum absolute atomic E-state index is 13.0.